The maximum Gasteiger partial charge on any atom is 1.00 e. The minimum absolute atomic E-state index is 0. The Morgan fingerprint density at radius 1 is 0.604 bits per heavy atom. The molecular weight excluding hydrogens is 1220 g/mol. The third-order valence-corrected chi connectivity index (χ3v) is 14.6. The van der Waals surface area contributed by atoms with E-state index in [0.29, 0.717) is 36.8 Å². The summed E-state index contributed by atoms with van der Waals surface area (Å²) in [6.07, 6.45) is 3.17. The molecule has 3 aromatic carbocycles. The van der Waals surface area contributed by atoms with Gasteiger partial charge in [-0.15, -0.1) is 0 Å². The van der Waals surface area contributed by atoms with Crippen LogP contribution in [0.15, 0.2) is 97.1 Å². The van der Waals surface area contributed by atoms with Crippen LogP contribution in [-0.2, 0) is 76.8 Å². The lowest BCUT2D eigenvalue weighted by molar-refractivity contribution is -0.142. The molecule has 4 rings (SSSR count). The van der Waals surface area contributed by atoms with Gasteiger partial charge in [-0.2, -0.15) is 0 Å². The number of rotatable bonds is 37. The molecule has 0 aromatic heterocycles. The number of benzene rings is 3. The number of nitrogens with zero attached hydrogens (tertiary/aromatic N) is 1. The average molecular weight is 1310 g/mol. The molecular formula is C62H90Cl2N14O13. The van der Waals surface area contributed by atoms with Gasteiger partial charge in [-0.05, 0) is 85.7 Å². The number of hydrogen-bond acceptors (Lipinski definition) is 16. The Labute approximate surface area is 545 Å². The summed E-state index contributed by atoms with van der Waals surface area (Å²) in [6.45, 7) is 7.13. The average Bonchev–Trinajstić information content (AvgIpc) is 2.58. The number of nitrogens with one attached hydrogen (secondary N) is 8. The molecule has 1 fully saturated rings. The molecule has 29 heteroatoms. The lowest BCUT2D eigenvalue weighted by Crippen LogP contribution is -3.00. The van der Waals surface area contributed by atoms with Gasteiger partial charge in [0.1, 0.15) is 60.4 Å². The predicted molar refractivity (Wildman–Crippen MR) is 332 cm³/mol. The van der Waals surface area contributed by atoms with Crippen LogP contribution < -0.4 is 96.0 Å². The summed E-state index contributed by atoms with van der Waals surface area (Å²) in [5.41, 5.74) is 29.7. The number of primary amides is 2. The number of likely N-dealkylation sites (tertiary alicyclic amines) is 1. The van der Waals surface area contributed by atoms with Crippen molar-refractivity contribution in [2.45, 2.75) is 159 Å². The normalized spacial score (nSPS) is 15.7. The Kier molecular flexibility index (Phi) is 34.8. The quantitative estimate of drug-likeness (QED) is 0.0188. The molecule has 0 unspecified atom stereocenters. The Morgan fingerprint density at radius 3 is 1.66 bits per heavy atom. The second-order valence-electron chi connectivity index (χ2n) is 22.7. The van der Waals surface area contributed by atoms with Crippen LogP contribution in [0.1, 0.15) is 98.6 Å². The van der Waals surface area contributed by atoms with E-state index in [-0.39, 0.29) is 97.4 Å². The number of carbonyl (C=O) groups is 12. The Bertz CT molecular complexity index is 2940. The Hall–Kier alpha value is -8.50. The largest absolute Gasteiger partial charge is 1.00 e. The zero-order chi connectivity index (χ0) is 65.7. The summed E-state index contributed by atoms with van der Waals surface area (Å²) in [6, 6.07) is 10.3. The van der Waals surface area contributed by atoms with Crippen molar-refractivity contribution in [3.05, 3.63) is 114 Å². The highest BCUT2D eigenvalue weighted by Gasteiger charge is 2.41. The van der Waals surface area contributed by atoms with Gasteiger partial charge in [0.2, 0.25) is 65.0 Å². The monoisotopic (exact) mass is 1310 g/mol. The first kappa shape index (κ1) is 78.6. The van der Waals surface area contributed by atoms with Crippen LogP contribution >= 0.6 is 0 Å². The first-order valence-corrected chi connectivity index (χ1v) is 29.8. The number of amides is 11. The molecule has 0 radical (unpaired) electrons. The van der Waals surface area contributed by atoms with Gasteiger partial charge in [0.05, 0.1) is 18.5 Å². The topological polar surface area (TPSA) is 455 Å². The fourth-order valence-electron chi connectivity index (χ4n) is 9.85. The maximum absolute atomic E-state index is 14.9. The molecule has 91 heavy (non-hydrogen) atoms. The molecule has 3 aromatic rings. The number of phenolic OH excluding ortho intramolecular Hbond substituents is 1. The van der Waals surface area contributed by atoms with E-state index in [9.17, 15) is 62.6 Å². The van der Waals surface area contributed by atoms with Crippen LogP contribution in [0.5, 0.6) is 5.75 Å². The second kappa shape index (κ2) is 40.3. The minimum atomic E-state index is -1.52. The van der Waals surface area contributed by atoms with Crippen LogP contribution in [0.4, 0.5) is 0 Å². The highest BCUT2D eigenvalue weighted by molar-refractivity contribution is 5.99. The Morgan fingerprint density at radius 2 is 1.12 bits per heavy atom. The van der Waals surface area contributed by atoms with E-state index >= 15 is 0 Å². The third kappa shape index (κ3) is 26.9. The first-order chi connectivity index (χ1) is 42.3. The van der Waals surface area contributed by atoms with E-state index in [1.54, 1.807) is 88.4 Å². The van der Waals surface area contributed by atoms with Crippen molar-refractivity contribution >= 4 is 71.3 Å². The Balaban J connectivity index is 0.0000212. The standard InChI is InChI=1S/C62H88N14O13.2ClH/c1-36(2)30-46(58(85)74-49(33-39-16-9-6-10-17-39)62(89)76-29-13-20-50(76)60(87)73-47(31-38-14-7-5-8-15-38)57(84)68-41(35-77)18-11-27-63)71-55(82)44(19-12-28-64)70-61(88)53(37(3)4)75-59(86)48(32-40-21-23-42(78)24-22-40)72-56(83)45(25-26-51(66)79)69-54(81)43(65)34-52(67)80;;/h5-10,12,14-17,19,21-24,35-37,41,43-50,53,78H,11,13,18,20,25-34,63-65H2,1-4H3,(H2,66,79)(H2,67,80)(H,68,84)(H,69,81)(H,70,88)(H,71,82)(H,72,83)(H,73,87)(H,74,85)(H,75,86);2*1H/b19-12+;;/t41-,43-,44-,45-,46-,47-,48-,49+,50+,53-;;/m0../s1. The molecule has 11 amide bonds. The van der Waals surface area contributed by atoms with E-state index in [1.165, 1.54) is 41.3 Å². The zero-order valence-corrected chi connectivity index (χ0v) is 53.1. The summed E-state index contributed by atoms with van der Waals surface area (Å²) in [5, 5.41) is 31.3. The fourth-order valence-corrected chi connectivity index (χ4v) is 9.85. The van der Waals surface area contributed by atoms with Crippen molar-refractivity contribution in [1.29, 1.82) is 0 Å². The van der Waals surface area contributed by atoms with Crippen molar-refractivity contribution in [2.75, 3.05) is 19.6 Å². The number of carbonyl (C=O) groups excluding carboxylic acids is 12. The van der Waals surface area contributed by atoms with Gasteiger partial charge in [0, 0.05) is 38.8 Å². The second-order valence-corrected chi connectivity index (χ2v) is 22.7. The molecule has 0 saturated carbocycles. The molecule has 19 N–H and O–H groups in total. The molecule has 0 aliphatic carbocycles. The fraction of sp³-hybridized carbons (Fsp3) is 0.484. The van der Waals surface area contributed by atoms with Gasteiger partial charge in [-0.3, -0.25) is 52.7 Å². The van der Waals surface area contributed by atoms with Gasteiger partial charge in [-0.1, -0.05) is 113 Å². The predicted octanol–water partition coefficient (Wildman–Crippen LogP) is -7.85. The minimum Gasteiger partial charge on any atom is -1.00 e. The van der Waals surface area contributed by atoms with Crippen LogP contribution in [-0.4, -0.2) is 161 Å². The molecule has 500 valence electrons. The number of nitrogens with two attached hydrogens (primary N) is 5. The van der Waals surface area contributed by atoms with E-state index in [0.717, 1.165) is 5.56 Å². The summed E-state index contributed by atoms with van der Waals surface area (Å²) in [7, 11) is 0. The summed E-state index contributed by atoms with van der Waals surface area (Å²) < 4.78 is 0. The molecule has 27 nitrogen and oxygen atoms in total. The van der Waals surface area contributed by atoms with Crippen LogP contribution in [0, 0.1) is 11.8 Å². The van der Waals surface area contributed by atoms with E-state index in [4.69, 9.17) is 28.7 Å². The zero-order valence-electron chi connectivity index (χ0n) is 53.6. The summed E-state index contributed by atoms with van der Waals surface area (Å²) >= 11 is 0. The molecule has 10 atom stereocenters. The molecule has 1 saturated heterocycles. The van der Waals surface area contributed by atoms with Crippen molar-refractivity contribution in [3.8, 4) is 5.75 Å². The number of aldehydes is 1. The number of halogens is 2. The number of hydrogen-bond donors (Lipinski definition) is 14. The van der Waals surface area contributed by atoms with Crippen molar-refractivity contribution in [3.63, 3.8) is 0 Å². The van der Waals surface area contributed by atoms with E-state index < -0.39 is 144 Å². The number of phenols is 1. The molecule has 1 aliphatic heterocycles. The van der Waals surface area contributed by atoms with Crippen molar-refractivity contribution in [2.24, 2.45) is 40.5 Å². The number of aromatic hydroxyl groups is 1. The highest BCUT2D eigenvalue weighted by atomic mass is 35.5. The van der Waals surface area contributed by atoms with Crippen molar-refractivity contribution < 1.29 is 90.3 Å². The van der Waals surface area contributed by atoms with Crippen molar-refractivity contribution in [1.82, 2.24) is 47.4 Å². The van der Waals surface area contributed by atoms with Gasteiger partial charge in [0.25, 0.3) is 0 Å². The van der Waals surface area contributed by atoms with Gasteiger partial charge >= 0.3 is 2.85 Å². The lowest BCUT2D eigenvalue weighted by atomic mass is 9.99. The summed E-state index contributed by atoms with van der Waals surface area (Å²) in [5.74, 6) is -10.0. The highest BCUT2D eigenvalue weighted by Crippen LogP contribution is 2.22. The smallest absolute Gasteiger partial charge is 1.00 e. The lowest BCUT2D eigenvalue weighted by Gasteiger charge is -2.31. The first-order valence-electron chi connectivity index (χ1n) is 29.8. The third-order valence-electron chi connectivity index (χ3n) is 14.6. The molecule has 0 spiro atoms. The molecule has 0 bridgehead atoms. The van der Waals surface area contributed by atoms with Crippen LogP contribution in [0.25, 0.3) is 0 Å². The van der Waals surface area contributed by atoms with Gasteiger partial charge in [0.15, 0.2) is 0 Å². The van der Waals surface area contributed by atoms with Gasteiger partial charge < -0.3 is 111 Å². The van der Waals surface area contributed by atoms with Gasteiger partial charge in [-0.25, -0.2) is 0 Å². The van der Waals surface area contributed by atoms with E-state index in [1.807, 2.05) is 0 Å². The van der Waals surface area contributed by atoms with Crippen LogP contribution in [0.3, 0.4) is 0 Å². The van der Waals surface area contributed by atoms with E-state index in [2.05, 4.69) is 42.5 Å². The molecule has 1 aliphatic rings. The SMILES string of the molecule is CC(C)C[C@H](NC(=O)[C@H](/C=C/CN)NC(=O)[C@@H](NC(=O)[C@H](Cc1ccc(O)cc1)NC(=O)[C@H](CCC(N)=O)NC(=O)[C@@H](N)CC(N)=O)C(C)C)C(=O)N[C@H](Cc1ccccc1)C(=O)N1CCC[C@@H]1C(=O)N[C@@H](Cc1ccccc1)C(=O)N[C@H](C=O)CCCN.[Cl-].[Cl-].[H+].[H+]. The molecule has 1 heterocycles. The van der Waals surface area contributed by atoms with Crippen LogP contribution in [0.2, 0.25) is 0 Å². The summed E-state index contributed by atoms with van der Waals surface area (Å²) in [4.78, 5) is 165. The maximum atomic E-state index is 14.9.